The lowest BCUT2D eigenvalue weighted by molar-refractivity contribution is 0.0474. The minimum Gasteiger partial charge on any atom is -0.454 e. The molecule has 0 spiro atoms. The Balaban J connectivity index is 1.43. The van der Waals surface area contributed by atoms with Crippen LogP contribution in [-0.4, -0.2) is 22.9 Å². The highest BCUT2D eigenvalue weighted by atomic mass is 16.5. The van der Waals surface area contributed by atoms with Crippen LogP contribution in [0, 0.1) is 13.8 Å². The molecule has 130 valence electrons. The molecule has 1 aliphatic heterocycles. The highest BCUT2D eigenvalue weighted by Gasteiger charge is 2.28. The third-order valence-electron chi connectivity index (χ3n) is 4.99. The van der Waals surface area contributed by atoms with Gasteiger partial charge in [-0.25, -0.2) is 4.79 Å². The van der Waals surface area contributed by atoms with Gasteiger partial charge in [0, 0.05) is 23.0 Å². The van der Waals surface area contributed by atoms with Crippen LogP contribution in [0.5, 0.6) is 0 Å². The van der Waals surface area contributed by atoms with Crippen LogP contribution >= 0.6 is 0 Å². The van der Waals surface area contributed by atoms with E-state index in [1.165, 1.54) is 12.8 Å². The van der Waals surface area contributed by atoms with E-state index in [0.29, 0.717) is 30.4 Å². The molecule has 4 rings (SSSR count). The highest BCUT2D eigenvalue weighted by Crippen LogP contribution is 2.38. The molecule has 1 aromatic heterocycles. The maximum absolute atomic E-state index is 12.5. The predicted molar refractivity (Wildman–Crippen MR) is 91.7 cm³/mol. The summed E-state index contributed by atoms with van der Waals surface area (Å²) in [5.74, 6) is -0.628. The number of esters is 1. The summed E-state index contributed by atoms with van der Waals surface area (Å²) in [6.45, 7) is 4.84. The number of aryl methyl sites for hydroxylation is 1. The molecule has 0 bridgehead atoms. The summed E-state index contributed by atoms with van der Waals surface area (Å²) in [5.41, 5.74) is 5.28. The summed E-state index contributed by atoms with van der Waals surface area (Å²) in [6.07, 6.45) is 2.34. The molecule has 0 radical (unpaired) electrons. The summed E-state index contributed by atoms with van der Waals surface area (Å²) < 4.78 is 12.8. The van der Waals surface area contributed by atoms with E-state index in [-0.39, 0.29) is 12.4 Å². The third-order valence-corrected chi connectivity index (χ3v) is 4.99. The average molecular weight is 339 g/mol. The number of carbonyl (C=O) groups excluding carboxylic acids is 2. The van der Waals surface area contributed by atoms with Crippen LogP contribution in [-0.2, 0) is 22.7 Å². The Labute approximate surface area is 146 Å². The maximum atomic E-state index is 12.5. The first-order valence-electron chi connectivity index (χ1n) is 8.63. The minimum absolute atomic E-state index is 0.155. The zero-order valence-electron chi connectivity index (χ0n) is 14.5. The molecule has 0 N–H and O–H groups in total. The van der Waals surface area contributed by atoms with Crippen molar-refractivity contribution in [2.75, 3.05) is 6.61 Å². The standard InChI is InChI=1S/C20H21NO4/c1-12-7-18(13(2)21(12)17-5-6-17)19(22)11-25-20(23)14-3-4-15-9-24-10-16(15)8-14/h3-4,7-8,17H,5-6,9-11H2,1-2H3. The molecule has 5 heteroatoms. The van der Waals surface area contributed by atoms with Crippen LogP contribution in [0.25, 0.3) is 0 Å². The van der Waals surface area contributed by atoms with E-state index in [4.69, 9.17) is 9.47 Å². The smallest absolute Gasteiger partial charge is 0.338 e. The predicted octanol–water partition coefficient (Wildman–Crippen LogP) is 3.51. The lowest BCUT2D eigenvalue weighted by atomic mass is 10.1. The molecule has 0 saturated heterocycles. The van der Waals surface area contributed by atoms with E-state index in [1.807, 2.05) is 26.0 Å². The van der Waals surface area contributed by atoms with Gasteiger partial charge in [-0.1, -0.05) is 6.07 Å². The lowest BCUT2D eigenvalue weighted by Gasteiger charge is -2.08. The normalized spacial score (nSPS) is 15.9. The number of carbonyl (C=O) groups is 2. The van der Waals surface area contributed by atoms with Crippen LogP contribution in [0.3, 0.4) is 0 Å². The fraction of sp³-hybridized carbons (Fsp3) is 0.400. The fourth-order valence-electron chi connectivity index (χ4n) is 3.55. The third kappa shape index (κ3) is 3.00. The molecule has 1 aromatic carbocycles. The molecule has 1 fully saturated rings. The lowest BCUT2D eigenvalue weighted by Crippen LogP contribution is -2.15. The Morgan fingerprint density at radius 1 is 1.16 bits per heavy atom. The number of Topliss-reactive ketones (excluding diaryl/α,β-unsaturated/α-hetero) is 1. The molecule has 2 aliphatic rings. The molecule has 0 unspecified atom stereocenters. The quantitative estimate of drug-likeness (QED) is 0.618. The highest BCUT2D eigenvalue weighted by molar-refractivity contribution is 6.00. The van der Waals surface area contributed by atoms with Gasteiger partial charge in [0.1, 0.15) is 0 Å². The fourth-order valence-corrected chi connectivity index (χ4v) is 3.55. The second-order valence-corrected chi connectivity index (χ2v) is 6.86. The van der Waals surface area contributed by atoms with Crippen molar-refractivity contribution < 1.29 is 19.1 Å². The summed E-state index contributed by atoms with van der Waals surface area (Å²) in [6, 6.07) is 7.81. The zero-order chi connectivity index (χ0) is 17.6. The summed E-state index contributed by atoms with van der Waals surface area (Å²) >= 11 is 0. The molecular formula is C20H21NO4. The Morgan fingerprint density at radius 3 is 2.68 bits per heavy atom. The Bertz CT molecular complexity index is 861. The molecule has 0 atom stereocenters. The van der Waals surface area contributed by atoms with Gasteiger partial charge in [0.05, 0.1) is 18.8 Å². The minimum atomic E-state index is -0.473. The van der Waals surface area contributed by atoms with Crippen molar-refractivity contribution in [1.29, 1.82) is 0 Å². The van der Waals surface area contributed by atoms with Crippen molar-refractivity contribution >= 4 is 11.8 Å². The summed E-state index contributed by atoms with van der Waals surface area (Å²) in [7, 11) is 0. The molecule has 25 heavy (non-hydrogen) atoms. The van der Waals surface area contributed by atoms with E-state index < -0.39 is 5.97 Å². The molecule has 2 heterocycles. The molecule has 0 amide bonds. The maximum Gasteiger partial charge on any atom is 0.338 e. The van der Waals surface area contributed by atoms with Gasteiger partial charge in [-0.15, -0.1) is 0 Å². The van der Waals surface area contributed by atoms with Gasteiger partial charge in [-0.2, -0.15) is 0 Å². The molecule has 1 aliphatic carbocycles. The second kappa shape index (κ2) is 6.15. The van der Waals surface area contributed by atoms with Crippen molar-refractivity contribution in [3.05, 3.63) is 57.9 Å². The van der Waals surface area contributed by atoms with Crippen molar-refractivity contribution in [2.45, 2.75) is 45.9 Å². The van der Waals surface area contributed by atoms with Gasteiger partial charge >= 0.3 is 5.97 Å². The van der Waals surface area contributed by atoms with E-state index in [2.05, 4.69) is 4.57 Å². The molecule has 1 saturated carbocycles. The average Bonchev–Trinajstić information content (AvgIpc) is 3.23. The van der Waals surface area contributed by atoms with Crippen LogP contribution in [0.1, 0.15) is 62.1 Å². The zero-order valence-corrected chi connectivity index (χ0v) is 14.5. The van der Waals surface area contributed by atoms with E-state index >= 15 is 0 Å². The number of ether oxygens (including phenoxy) is 2. The van der Waals surface area contributed by atoms with Crippen molar-refractivity contribution in [2.24, 2.45) is 0 Å². The van der Waals surface area contributed by atoms with Gasteiger partial charge in [-0.3, -0.25) is 4.79 Å². The van der Waals surface area contributed by atoms with Crippen LogP contribution in [0.15, 0.2) is 24.3 Å². The molecule has 5 nitrogen and oxygen atoms in total. The number of fused-ring (bicyclic) bond motifs is 1. The van der Waals surface area contributed by atoms with Gasteiger partial charge in [0.25, 0.3) is 0 Å². The largest absolute Gasteiger partial charge is 0.454 e. The van der Waals surface area contributed by atoms with Crippen LogP contribution < -0.4 is 0 Å². The van der Waals surface area contributed by atoms with E-state index in [9.17, 15) is 9.59 Å². The van der Waals surface area contributed by atoms with Gasteiger partial charge in [0.15, 0.2) is 6.61 Å². The second-order valence-electron chi connectivity index (χ2n) is 6.86. The molecule has 2 aromatic rings. The number of hydrogen-bond donors (Lipinski definition) is 0. The summed E-state index contributed by atoms with van der Waals surface area (Å²) in [5, 5.41) is 0. The molecular weight excluding hydrogens is 318 g/mol. The van der Waals surface area contributed by atoms with Gasteiger partial charge in [-0.05, 0) is 56.0 Å². The summed E-state index contributed by atoms with van der Waals surface area (Å²) in [4.78, 5) is 24.7. The van der Waals surface area contributed by atoms with Gasteiger partial charge in [0.2, 0.25) is 5.78 Å². The Kier molecular flexibility index (Phi) is 3.96. The number of ketones is 1. The van der Waals surface area contributed by atoms with Crippen LogP contribution in [0.2, 0.25) is 0 Å². The number of nitrogens with zero attached hydrogens (tertiary/aromatic N) is 1. The van der Waals surface area contributed by atoms with Crippen molar-refractivity contribution in [3.63, 3.8) is 0 Å². The first-order chi connectivity index (χ1) is 12.0. The number of aromatic nitrogens is 1. The Hall–Kier alpha value is -2.40. The van der Waals surface area contributed by atoms with Crippen molar-refractivity contribution in [1.82, 2.24) is 4.57 Å². The van der Waals surface area contributed by atoms with E-state index in [1.54, 1.807) is 12.1 Å². The number of rotatable bonds is 5. The topological polar surface area (TPSA) is 57.5 Å². The van der Waals surface area contributed by atoms with Gasteiger partial charge < -0.3 is 14.0 Å². The SMILES string of the molecule is Cc1cc(C(=O)COC(=O)c2ccc3c(c2)COC3)c(C)n1C1CC1. The number of benzene rings is 1. The number of hydrogen-bond acceptors (Lipinski definition) is 4. The Morgan fingerprint density at radius 2 is 1.92 bits per heavy atom. The first kappa shape index (κ1) is 16.1. The van der Waals surface area contributed by atoms with E-state index in [0.717, 1.165) is 22.5 Å². The first-order valence-corrected chi connectivity index (χ1v) is 8.63. The monoisotopic (exact) mass is 339 g/mol. The van der Waals surface area contributed by atoms with Crippen molar-refractivity contribution in [3.8, 4) is 0 Å². The van der Waals surface area contributed by atoms with Crippen LogP contribution in [0.4, 0.5) is 0 Å².